The maximum atomic E-state index is 14.3. The third kappa shape index (κ3) is 3.76. The third-order valence-electron chi connectivity index (χ3n) is 4.90. The molecular weight excluding hydrogens is 374 g/mol. The van der Waals surface area contributed by atoms with Crippen molar-refractivity contribution in [1.82, 2.24) is 15.3 Å². The molecule has 3 aromatic rings. The highest BCUT2D eigenvalue weighted by Gasteiger charge is 2.20. The highest BCUT2D eigenvalue weighted by atomic mass is 19.1. The van der Waals surface area contributed by atoms with E-state index in [1.807, 2.05) is 12.1 Å². The Balaban J connectivity index is 1.63. The zero-order valence-electron chi connectivity index (χ0n) is 16.1. The van der Waals surface area contributed by atoms with Crippen LogP contribution in [-0.4, -0.2) is 36.5 Å². The summed E-state index contributed by atoms with van der Waals surface area (Å²) in [5, 5.41) is 2.82. The summed E-state index contributed by atoms with van der Waals surface area (Å²) in [4.78, 5) is 21.1. The molecule has 1 aromatic carbocycles. The fourth-order valence-corrected chi connectivity index (χ4v) is 3.31. The number of hydrogen-bond donors (Lipinski definition) is 2. The lowest BCUT2D eigenvalue weighted by molar-refractivity contribution is 0.0946. The van der Waals surface area contributed by atoms with Crippen LogP contribution in [0.4, 0.5) is 14.5 Å². The van der Waals surface area contributed by atoms with Crippen LogP contribution in [0, 0.1) is 11.6 Å². The van der Waals surface area contributed by atoms with Gasteiger partial charge in [0.15, 0.2) is 0 Å². The van der Waals surface area contributed by atoms with Gasteiger partial charge in [0.1, 0.15) is 11.6 Å². The fraction of sp³-hybridized carbons (Fsp3) is 0.182. The molecule has 0 atom stereocenters. The van der Waals surface area contributed by atoms with E-state index in [9.17, 15) is 13.6 Å². The second kappa shape index (κ2) is 7.50. The molecule has 3 heterocycles. The second-order valence-corrected chi connectivity index (χ2v) is 7.10. The first-order valence-corrected chi connectivity index (χ1v) is 9.23. The Labute approximate surface area is 167 Å². The van der Waals surface area contributed by atoms with E-state index in [2.05, 4.69) is 15.3 Å². The number of rotatable bonds is 4. The molecule has 4 rings (SSSR count). The molecule has 0 saturated heterocycles. The summed E-state index contributed by atoms with van der Waals surface area (Å²) in [6.45, 7) is 0.611. The number of halogens is 2. The van der Waals surface area contributed by atoms with Crippen LogP contribution in [-0.2, 0) is 6.42 Å². The number of carbonyl (C=O) groups excluding carboxylic acids is 1. The minimum atomic E-state index is -0.635. The lowest BCUT2D eigenvalue weighted by Gasteiger charge is -2.13. The number of hydrogen-bond acceptors (Lipinski definition) is 3. The quantitative estimate of drug-likeness (QED) is 0.706. The van der Waals surface area contributed by atoms with Crippen LogP contribution in [0.3, 0.4) is 0 Å². The topological polar surface area (TPSA) is 61.0 Å². The van der Waals surface area contributed by atoms with E-state index in [4.69, 9.17) is 0 Å². The van der Waals surface area contributed by atoms with Crippen molar-refractivity contribution in [1.29, 1.82) is 0 Å². The number of anilines is 1. The minimum absolute atomic E-state index is 0.0879. The van der Waals surface area contributed by atoms with Crippen molar-refractivity contribution in [3.63, 3.8) is 0 Å². The van der Waals surface area contributed by atoms with Crippen molar-refractivity contribution in [2.75, 3.05) is 25.5 Å². The number of amides is 1. The number of nitrogens with zero attached hydrogens (tertiary/aromatic N) is 2. The van der Waals surface area contributed by atoms with E-state index in [1.54, 1.807) is 37.3 Å². The van der Waals surface area contributed by atoms with Gasteiger partial charge in [-0.25, -0.2) is 8.78 Å². The molecule has 29 heavy (non-hydrogen) atoms. The number of H-pyrrole nitrogens is 1. The normalized spacial score (nSPS) is 13.4. The minimum Gasteiger partial charge on any atom is -0.377 e. The molecule has 0 saturated carbocycles. The maximum Gasteiger partial charge on any atom is 0.253 e. The van der Waals surface area contributed by atoms with Crippen LogP contribution in [0.2, 0.25) is 0 Å². The van der Waals surface area contributed by atoms with Crippen LogP contribution in [0.25, 0.3) is 23.4 Å². The fourth-order valence-electron chi connectivity index (χ4n) is 3.31. The summed E-state index contributed by atoms with van der Waals surface area (Å²) >= 11 is 0. The van der Waals surface area contributed by atoms with Gasteiger partial charge in [-0.05, 0) is 42.5 Å². The van der Waals surface area contributed by atoms with Gasteiger partial charge in [0.2, 0.25) is 0 Å². The molecule has 7 heteroatoms. The van der Waals surface area contributed by atoms with Crippen molar-refractivity contribution in [2.24, 2.45) is 0 Å². The average molecular weight is 394 g/mol. The van der Waals surface area contributed by atoms with E-state index < -0.39 is 11.6 Å². The van der Waals surface area contributed by atoms with Crippen molar-refractivity contribution >= 4 is 23.7 Å². The summed E-state index contributed by atoms with van der Waals surface area (Å²) in [5.74, 6) is -1.36. The Kier molecular flexibility index (Phi) is 4.88. The molecule has 1 aliphatic heterocycles. The monoisotopic (exact) mass is 394 g/mol. The molecule has 1 amide bonds. The van der Waals surface area contributed by atoms with Crippen molar-refractivity contribution in [2.45, 2.75) is 6.42 Å². The number of nitrogens with one attached hydrogen (secondary N) is 2. The zero-order valence-corrected chi connectivity index (χ0v) is 16.1. The largest absolute Gasteiger partial charge is 0.377 e. The van der Waals surface area contributed by atoms with Gasteiger partial charge in [-0.3, -0.25) is 9.78 Å². The van der Waals surface area contributed by atoms with E-state index >= 15 is 0 Å². The van der Waals surface area contributed by atoms with Crippen LogP contribution < -0.4 is 10.2 Å². The molecule has 5 nitrogen and oxygen atoms in total. The molecule has 0 aliphatic carbocycles. The van der Waals surface area contributed by atoms with E-state index in [1.165, 1.54) is 18.2 Å². The predicted octanol–water partition coefficient (Wildman–Crippen LogP) is 3.88. The Morgan fingerprint density at radius 2 is 1.86 bits per heavy atom. The van der Waals surface area contributed by atoms with Gasteiger partial charge >= 0.3 is 0 Å². The highest BCUT2D eigenvalue weighted by Crippen LogP contribution is 2.26. The van der Waals surface area contributed by atoms with Gasteiger partial charge in [-0.1, -0.05) is 0 Å². The highest BCUT2D eigenvalue weighted by molar-refractivity contribution is 5.97. The third-order valence-corrected chi connectivity index (χ3v) is 4.90. The summed E-state index contributed by atoms with van der Waals surface area (Å²) < 4.78 is 28.6. The van der Waals surface area contributed by atoms with E-state index in [0.717, 1.165) is 23.4 Å². The number of aromatic amines is 1. The van der Waals surface area contributed by atoms with Gasteiger partial charge in [0.25, 0.3) is 5.91 Å². The van der Waals surface area contributed by atoms with Crippen LogP contribution in [0.1, 0.15) is 27.3 Å². The number of aromatic nitrogens is 2. The van der Waals surface area contributed by atoms with Crippen LogP contribution in [0.5, 0.6) is 0 Å². The van der Waals surface area contributed by atoms with E-state index in [-0.39, 0.29) is 11.5 Å². The molecule has 2 aromatic heterocycles. The molecular formula is C22H20F2N4O. The van der Waals surface area contributed by atoms with E-state index in [0.29, 0.717) is 23.5 Å². The molecule has 2 N–H and O–H groups in total. The number of pyridine rings is 1. The molecule has 0 fully saturated rings. The maximum absolute atomic E-state index is 14.3. The smallest absolute Gasteiger partial charge is 0.253 e. The average Bonchev–Trinajstić information content (AvgIpc) is 3.13. The van der Waals surface area contributed by atoms with Gasteiger partial charge in [0.05, 0.1) is 11.3 Å². The predicted molar refractivity (Wildman–Crippen MR) is 110 cm³/mol. The molecule has 1 aliphatic rings. The summed E-state index contributed by atoms with van der Waals surface area (Å²) in [5.41, 5.74) is 4.08. The Morgan fingerprint density at radius 1 is 1.10 bits per heavy atom. The number of benzene rings is 1. The summed E-state index contributed by atoms with van der Waals surface area (Å²) in [7, 11) is 3.45. The number of fused-ring (bicyclic) bond motifs is 1. The number of carbonyl (C=O) groups is 1. The second-order valence-electron chi connectivity index (χ2n) is 7.10. The SMILES string of the molecule is CN(C)c1cc(F)c(C=Cc2cc(-c3cc4c([nH]3)CCNC4=O)ccn2)c(F)c1. The Morgan fingerprint density at radius 3 is 2.55 bits per heavy atom. The van der Waals surface area contributed by atoms with Gasteiger partial charge in [-0.15, -0.1) is 0 Å². The Bertz CT molecular complexity index is 1090. The Hall–Kier alpha value is -3.48. The van der Waals surface area contributed by atoms with Gasteiger partial charge in [-0.2, -0.15) is 0 Å². The van der Waals surface area contributed by atoms with Gasteiger partial charge < -0.3 is 15.2 Å². The standard InChI is InChI=1S/C22H20F2N4O/c1-28(2)15-10-18(23)16(19(24)11-15)4-3-14-9-13(5-7-25-14)21-12-17-20(27-21)6-8-26-22(17)29/h3-5,7,9-12,27H,6,8H2,1-2H3,(H,26,29). The van der Waals surface area contributed by atoms with Crippen molar-refractivity contribution in [3.8, 4) is 11.3 Å². The molecule has 148 valence electrons. The molecule has 0 unspecified atom stereocenters. The first kappa shape index (κ1) is 18.9. The lowest BCUT2D eigenvalue weighted by atomic mass is 10.1. The summed E-state index contributed by atoms with van der Waals surface area (Å²) in [6.07, 6.45) is 5.32. The van der Waals surface area contributed by atoms with Crippen LogP contribution >= 0.6 is 0 Å². The van der Waals surface area contributed by atoms with Gasteiger partial charge in [0, 0.05) is 61.5 Å². The molecule has 0 spiro atoms. The molecule has 0 bridgehead atoms. The van der Waals surface area contributed by atoms with Crippen LogP contribution in [0.15, 0.2) is 36.5 Å². The zero-order chi connectivity index (χ0) is 20.5. The summed E-state index contributed by atoms with van der Waals surface area (Å²) in [6, 6.07) is 8.02. The van der Waals surface area contributed by atoms with Crippen molar-refractivity contribution in [3.05, 3.63) is 70.7 Å². The molecule has 0 radical (unpaired) electrons. The van der Waals surface area contributed by atoms with Crippen molar-refractivity contribution < 1.29 is 13.6 Å². The first-order chi connectivity index (χ1) is 13.9. The first-order valence-electron chi connectivity index (χ1n) is 9.23. The lowest BCUT2D eigenvalue weighted by Crippen LogP contribution is -2.31.